The molecule has 5 rings (SSSR count). The molecule has 0 spiro atoms. The first-order valence-electron chi connectivity index (χ1n) is 9.98. The summed E-state index contributed by atoms with van der Waals surface area (Å²) in [7, 11) is 0. The maximum atomic E-state index is 4.68. The number of aromatic nitrogens is 1. The lowest BCUT2D eigenvalue weighted by Crippen LogP contribution is -2.11. The molecule has 0 aliphatic carbocycles. The lowest BCUT2D eigenvalue weighted by atomic mass is 9.87. The number of nitrogens with zero attached hydrogens (tertiary/aromatic N) is 1. The van der Waals surface area contributed by atoms with Crippen LogP contribution in [0.15, 0.2) is 85.1 Å². The maximum absolute atomic E-state index is 4.68. The standard InChI is InChI=1S/C27H23NS/c1-27(2,3)20-14-15-28-23(17-20)19-12-13-24-22(16-19)26-21(10-7-11-25(26)29-24)18-8-5-4-6-9-18/h4-17H,1-3H3. The van der Waals surface area contributed by atoms with Gasteiger partial charge in [-0.05, 0) is 52.4 Å². The quantitative estimate of drug-likeness (QED) is 0.295. The first-order chi connectivity index (χ1) is 14.0. The maximum Gasteiger partial charge on any atom is 0.0705 e. The van der Waals surface area contributed by atoms with Crippen molar-refractivity contribution in [3.63, 3.8) is 0 Å². The first kappa shape index (κ1) is 18.1. The zero-order valence-corrected chi connectivity index (χ0v) is 17.8. The first-order valence-corrected chi connectivity index (χ1v) is 10.8. The molecule has 5 aromatic rings. The molecule has 0 radical (unpaired) electrons. The fourth-order valence-corrected chi connectivity index (χ4v) is 5.01. The lowest BCUT2D eigenvalue weighted by Gasteiger charge is -2.19. The summed E-state index contributed by atoms with van der Waals surface area (Å²) in [5, 5.41) is 2.65. The van der Waals surface area contributed by atoms with Crippen LogP contribution in [0, 0.1) is 0 Å². The Bertz CT molecular complexity index is 1320. The van der Waals surface area contributed by atoms with Crippen molar-refractivity contribution in [3.05, 3.63) is 90.6 Å². The minimum atomic E-state index is 0.108. The summed E-state index contributed by atoms with van der Waals surface area (Å²) in [6.07, 6.45) is 1.93. The van der Waals surface area contributed by atoms with E-state index in [0.29, 0.717) is 0 Å². The molecule has 1 nitrogen and oxygen atoms in total. The Labute approximate surface area is 175 Å². The Kier molecular flexibility index (Phi) is 4.25. The number of pyridine rings is 1. The topological polar surface area (TPSA) is 12.9 Å². The molecular formula is C27H23NS. The van der Waals surface area contributed by atoms with Crippen molar-refractivity contribution in [2.75, 3.05) is 0 Å². The molecule has 0 saturated carbocycles. The minimum absolute atomic E-state index is 0.108. The second-order valence-electron chi connectivity index (χ2n) is 8.54. The third kappa shape index (κ3) is 3.24. The van der Waals surface area contributed by atoms with Gasteiger partial charge in [-0.1, -0.05) is 69.3 Å². The molecule has 0 N–H and O–H groups in total. The van der Waals surface area contributed by atoms with E-state index in [1.807, 2.05) is 17.5 Å². The third-order valence-corrected chi connectivity index (χ3v) is 6.64. The predicted molar refractivity (Wildman–Crippen MR) is 127 cm³/mol. The van der Waals surface area contributed by atoms with Crippen LogP contribution in [0.2, 0.25) is 0 Å². The lowest BCUT2D eigenvalue weighted by molar-refractivity contribution is 0.589. The molecule has 0 saturated heterocycles. The van der Waals surface area contributed by atoms with E-state index >= 15 is 0 Å². The van der Waals surface area contributed by atoms with Gasteiger partial charge < -0.3 is 0 Å². The summed E-state index contributed by atoms with van der Waals surface area (Å²) in [6, 6.07) is 28.4. The van der Waals surface area contributed by atoms with Crippen molar-refractivity contribution >= 4 is 31.5 Å². The van der Waals surface area contributed by atoms with E-state index in [0.717, 1.165) is 5.69 Å². The second kappa shape index (κ2) is 6.82. The molecule has 0 bridgehead atoms. The summed E-state index contributed by atoms with van der Waals surface area (Å²) in [5.74, 6) is 0. The largest absolute Gasteiger partial charge is 0.256 e. The van der Waals surface area contributed by atoms with Crippen LogP contribution in [0.3, 0.4) is 0 Å². The van der Waals surface area contributed by atoms with Gasteiger partial charge in [-0.2, -0.15) is 0 Å². The third-order valence-electron chi connectivity index (χ3n) is 5.50. The molecule has 0 atom stereocenters. The van der Waals surface area contributed by atoms with Gasteiger partial charge in [-0.15, -0.1) is 11.3 Å². The number of hydrogen-bond acceptors (Lipinski definition) is 2. The van der Waals surface area contributed by atoms with Crippen LogP contribution in [-0.2, 0) is 5.41 Å². The molecule has 0 aliphatic heterocycles. The minimum Gasteiger partial charge on any atom is -0.256 e. The molecule has 0 amide bonds. The highest BCUT2D eigenvalue weighted by atomic mass is 32.1. The van der Waals surface area contributed by atoms with E-state index < -0.39 is 0 Å². The Balaban J connectivity index is 1.74. The average Bonchev–Trinajstić information content (AvgIpc) is 3.12. The number of thiophene rings is 1. The van der Waals surface area contributed by atoms with E-state index in [1.54, 1.807) is 0 Å². The normalized spacial score (nSPS) is 12.0. The molecule has 0 fully saturated rings. The number of hydrogen-bond donors (Lipinski definition) is 0. The monoisotopic (exact) mass is 393 g/mol. The van der Waals surface area contributed by atoms with Gasteiger partial charge in [0.15, 0.2) is 0 Å². The van der Waals surface area contributed by atoms with Crippen LogP contribution in [-0.4, -0.2) is 4.98 Å². The van der Waals surface area contributed by atoms with E-state index in [4.69, 9.17) is 0 Å². The highest BCUT2D eigenvalue weighted by Crippen LogP contribution is 2.41. The summed E-state index contributed by atoms with van der Waals surface area (Å²) in [4.78, 5) is 4.68. The van der Waals surface area contributed by atoms with Gasteiger partial charge in [0.1, 0.15) is 0 Å². The van der Waals surface area contributed by atoms with Gasteiger partial charge >= 0.3 is 0 Å². The van der Waals surface area contributed by atoms with E-state index in [2.05, 4.69) is 105 Å². The zero-order valence-electron chi connectivity index (χ0n) is 16.9. The van der Waals surface area contributed by atoms with Gasteiger partial charge in [0.05, 0.1) is 5.69 Å². The van der Waals surface area contributed by atoms with Crippen LogP contribution in [0.1, 0.15) is 26.3 Å². The van der Waals surface area contributed by atoms with Gasteiger partial charge in [0.2, 0.25) is 0 Å². The molecule has 29 heavy (non-hydrogen) atoms. The number of rotatable bonds is 2. The smallest absolute Gasteiger partial charge is 0.0705 e. The van der Waals surface area contributed by atoms with Crippen molar-refractivity contribution < 1.29 is 0 Å². The van der Waals surface area contributed by atoms with Crippen molar-refractivity contribution in [3.8, 4) is 22.4 Å². The highest BCUT2D eigenvalue weighted by molar-refractivity contribution is 7.25. The van der Waals surface area contributed by atoms with Crippen LogP contribution in [0.25, 0.3) is 42.6 Å². The van der Waals surface area contributed by atoms with Crippen LogP contribution >= 0.6 is 11.3 Å². The molecule has 0 aliphatic rings. The summed E-state index contributed by atoms with van der Waals surface area (Å²) in [5.41, 5.74) is 6.18. The van der Waals surface area contributed by atoms with Crippen molar-refractivity contribution in [1.29, 1.82) is 0 Å². The Morgan fingerprint density at radius 2 is 1.55 bits per heavy atom. The molecule has 2 aromatic heterocycles. The SMILES string of the molecule is CC(C)(C)c1ccnc(-c2ccc3sc4cccc(-c5ccccc5)c4c3c2)c1. The van der Waals surface area contributed by atoms with Gasteiger partial charge in [0, 0.05) is 31.9 Å². The van der Waals surface area contributed by atoms with Crippen LogP contribution in [0.4, 0.5) is 0 Å². The molecule has 2 heterocycles. The second-order valence-corrected chi connectivity index (χ2v) is 9.62. The van der Waals surface area contributed by atoms with Crippen molar-refractivity contribution in [2.45, 2.75) is 26.2 Å². The Morgan fingerprint density at radius 3 is 2.34 bits per heavy atom. The fourth-order valence-electron chi connectivity index (χ4n) is 3.90. The Hall–Kier alpha value is -2.97. The van der Waals surface area contributed by atoms with Gasteiger partial charge in [-0.3, -0.25) is 4.98 Å². The van der Waals surface area contributed by atoms with Crippen molar-refractivity contribution in [2.24, 2.45) is 0 Å². The van der Waals surface area contributed by atoms with Gasteiger partial charge in [0.25, 0.3) is 0 Å². The van der Waals surface area contributed by atoms with Gasteiger partial charge in [-0.25, -0.2) is 0 Å². The molecular weight excluding hydrogens is 370 g/mol. The number of fused-ring (bicyclic) bond motifs is 3. The molecule has 3 aromatic carbocycles. The van der Waals surface area contributed by atoms with E-state index in [1.165, 1.54) is 42.4 Å². The molecule has 0 unspecified atom stereocenters. The highest BCUT2D eigenvalue weighted by Gasteiger charge is 2.16. The Morgan fingerprint density at radius 1 is 0.724 bits per heavy atom. The summed E-state index contributed by atoms with van der Waals surface area (Å²) < 4.78 is 2.65. The van der Waals surface area contributed by atoms with Crippen LogP contribution < -0.4 is 0 Å². The fraction of sp³-hybridized carbons (Fsp3) is 0.148. The van der Waals surface area contributed by atoms with E-state index in [-0.39, 0.29) is 5.41 Å². The van der Waals surface area contributed by atoms with Crippen molar-refractivity contribution in [1.82, 2.24) is 4.98 Å². The predicted octanol–water partition coefficient (Wildman–Crippen LogP) is 8.08. The molecule has 142 valence electrons. The summed E-state index contributed by atoms with van der Waals surface area (Å²) >= 11 is 1.86. The molecule has 2 heteroatoms. The number of benzene rings is 3. The van der Waals surface area contributed by atoms with E-state index in [9.17, 15) is 0 Å². The zero-order chi connectivity index (χ0) is 20.0. The van der Waals surface area contributed by atoms with Crippen LogP contribution in [0.5, 0.6) is 0 Å². The average molecular weight is 394 g/mol. The summed E-state index contributed by atoms with van der Waals surface area (Å²) in [6.45, 7) is 6.73.